The molecule has 19 heavy (non-hydrogen) atoms. The number of aryl methyl sites for hydroxylation is 2. The molecule has 0 aliphatic heterocycles. The molecule has 1 unspecified atom stereocenters. The molecule has 0 bridgehead atoms. The molecule has 0 fully saturated rings. The minimum absolute atomic E-state index is 0.355. The predicted octanol–water partition coefficient (Wildman–Crippen LogP) is 3.60. The Morgan fingerprint density at radius 3 is 2.79 bits per heavy atom. The fourth-order valence-electron chi connectivity index (χ4n) is 3.14. The Bertz CT molecular complexity index is 605. The van der Waals surface area contributed by atoms with Crippen molar-refractivity contribution in [3.05, 3.63) is 51.2 Å². The molecule has 3 heteroatoms. The number of nitrogens with two attached hydrogens (primary N) is 1. The van der Waals surface area contributed by atoms with Crippen molar-refractivity contribution in [2.45, 2.75) is 31.7 Å². The molecule has 1 atom stereocenters. The van der Waals surface area contributed by atoms with Crippen LogP contribution in [-0.2, 0) is 12.0 Å². The molecule has 0 spiro atoms. The first-order valence-electron chi connectivity index (χ1n) is 6.66. The lowest BCUT2D eigenvalue weighted by molar-refractivity contribution is 0.404. The molecular formula is C16H19NOS. The van der Waals surface area contributed by atoms with Gasteiger partial charge in [0, 0.05) is 4.88 Å². The van der Waals surface area contributed by atoms with E-state index in [1.807, 2.05) is 6.07 Å². The fraction of sp³-hybridized carbons (Fsp3) is 0.375. The summed E-state index contributed by atoms with van der Waals surface area (Å²) >= 11 is 1.77. The number of benzene rings is 1. The van der Waals surface area contributed by atoms with Crippen LogP contribution in [-0.4, -0.2) is 7.11 Å². The molecule has 1 aromatic carbocycles. The Morgan fingerprint density at radius 2 is 2.11 bits per heavy atom. The average molecular weight is 273 g/mol. The topological polar surface area (TPSA) is 35.2 Å². The third-order valence-corrected chi connectivity index (χ3v) is 5.00. The molecule has 1 heterocycles. The van der Waals surface area contributed by atoms with Crippen LogP contribution >= 0.6 is 11.3 Å². The van der Waals surface area contributed by atoms with E-state index in [4.69, 9.17) is 10.5 Å². The average Bonchev–Trinajstić information content (AvgIpc) is 2.86. The van der Waals surface area contributed by atoms with Gasteiger partial charge in [0.15, 0.2) is 0 Å². The van der Waals surface area contributed by atoms with E-state index < -0.39 is 0 Å². The monoisotopic (exact) mass is 273 g/mol. The van der Waals surface area contributed by atoms with Crippen molar-refractivity contribution in [1.82, 2.24) is 0 Å². The highest BCUT2D eigenvalue weighted by Gasteiger charge is 2.36. The van der Waals surface area contributed by atoms with Gasteiger partial charge in [0.2, 0.25) is 0 Å². The van der Waals surface area contributed by atoms with Gasteiger partial charge in [-0.3, -0.25) is 0 Å². The van der Waals surface area contributed by atoms with Crippen molar-refractivity contribution in [2.75, 3.05) is 7.11 Å². The number of fused-ring (bicyclic) bond motifs is 1. The third-order valence-electron chi connectivity index (χ3n) is 4.15. The highest BCUT2D eigenvalue weighted by molar-refractivity contribution is 7.10. The Labute approximate surface area is 118 Å². The Kier molecular flexibility index (Phi) is 3.11. The van der Waals surface area contributed by atoms with Crippen LogP contribution in [0.25, 0.3) is 0 Å². The first-order chi connectivity index (χ1) is 9.15. The van der Waals surface area contributed by atoms with E-state index in [2.05, 4.69) is 30.5 Å². The summed E-state index contributed by atoms with van der Waals surface area (Å²) in [6.45, 7) is 2.16. The molecule has 0 saturated heterocycles. The van der Waals surface area contributed by atoms with Crippen molar-refractivity contribution in [1.29, 1.82) is 0 Å². The van der Waals surface area contributed by atoms with Crippen LogP contribution in [0.4, 0.5) is 0 Å². The second-order valence-corrected chi connectivity index (χ2v) is 6.36. The van der Waals surface area contributed by atoms with Crippen LogP contribution < -0.4 is 10.5 Å². The SMILES string of the molecule is COc1ccc2c(c1)C(N)(c1ccsc1C)CCC2. The van der Waals surface area contributed by atoms with E-state index >= 15 is 0 Å². The molecule has 0 saturated carbocycles. The summed E-state index contributed by atoms with van der Waals surface area (Å²) in [6, 6.07) is 8.49. The van der Waals surface area contributed by atoms with Gasteiger partial charge in [0.05, 0.1) is 12.6 Å². The van der Waals surface area contributed by atoms with Gasteiger partial charge in [-0.2, -0.15) is 0 Å². The van der Waals surface area contributed by atoms with E-state index in [0.29, 0.717) is 0 Å². The zero-order chi connectivity index (χ0) is 13.5. The first kappa shape index (κ1) is 12.7. The van der Waals surface area contributed by atoms with Gasteiger partial charge in [-0.1, -0.05) is 6.07 Å². The molecular weight excluding hydrogens is 254 g/mol. The molecule has 1 aliphatic rings. The van der Waals surface area contributed by atoms with E-state index in [-0.39, 0.29) is 5.54 Å². The zero-order valence-electron chi connectivity index (χ0n) is 11.4. The Hall–Kier alpha value is -1.32. The van der Waals surface area contributed by atoms with Gasteiger partial charge in [-0.15, -0.1) is 11.3 Å². The van der Waals surface area contributed by atoms with Crippen molar-refractivity contribution >= 4 is 11.3 Å². The highest BCUT2D eigenvalue weighted by atomic mass is 32.1. The number of hydrogen-bond acceptors (Lipinski definition) is 3. The molecule has 2 nitrogen and oxygen atoms in total. The summed E-state index contributed by atoms with van der Waals surface area (Å²) in [7, 11) is 1.71. The highest BCUT2D eigenvalue weighted by Crippen LogP contribution is 2.42. The lowest BCUT2D eigenvalue weighted by Crippen LogP contribution is -2.41. The van der Waals surface area contributed by atoms with E-state index in [9.17, 15) is 0 Å². The summed E-state index contributed by atoms with van der Waals surface area (Å²) in [5.41, 5.74) is 10.3. The van der Waals surface area contributed by atoms with Crippen LogP contribution in [0, 0.1) is 6.92 Å². The largest absolute Gasteiger partial charge is 0.497 e. The van der Waals surface area contributed by atoms with Gasteiger partial charge in [-0.25, -0.2) is 0 Å². The van der Waals surface area contributed by atoms with Gasteiger partial charge < -0.3 is 10.5 Å². The molecule has 0 amide bonds. The maximum atomic E-state index is 6.81. The van der Waals surface area contributed by atoms with E-state index in [1.165, 1.54) is 21.6 Å². The van der Waals surface area contributed by atoms with Crippen LogP contribution in [0.5, 0.6) is 5.75 Å². The number of ether oxygens (including phenoxy) is 1. The summed E-state index contributed by atoms with van der Waals surface area (Å²) in [4.78, 5) is 1.32. The Balaban J connectivity index is 2.18. The summed E-state index contributed by atoms with van der Waals surface area (Å²) < 4.78 is 5.37. The smallest absolute Gasteiger partial charge is 0.119 e. The van der Waals surface area contributed by atoms with E-state index in [1.54, 1.807) is 18.4 Å². The predicted molar refractivity (Wildman–Crippen MR) is 80.0 cm³/mol. The second kappa shape index (κ2) is 4.66. The van der Waals surface area contributed by atoms with Crippen molar-refractivity contribution in [2.24, 2.45) is 5.73 Å². The summed E-state index contributed by atoms with van der Waals surface area (Å²) in [5, 5.41) is 2.13. The standard InChI is InChI=1S/C16H19NOS/c1-11-14(7-9-19-11)16(17)8-3-4-12-5-6-13(18-2)10-15(12)16/h5-7,9-10H,3-4,8,17H2,1-2H3. The molecule has 2 N–H and O–H groups in total. The van der Waals surface area contributed by atoms with Crippen LogP contribution in [0.1, 0.15) is 34.4 Å². The lowest BCUT2D eigenvalue weighted by Gasteiger charge is -2.36. The van der Waals surface area contributed by atoms with Crippen LogP contribution in [0.15, 0.2) is 29.6 Å². The summed E-state index contributed by atoms with van der Waals surface area (Å²) in [6.07, 6.45) is 3.26. The maximum absolute atomic E-state index is 6.81. The van der Waals surface area contributed by atoms with Crippen LogP contribution in [0.3, 0.4) is 0 Å². The zero-order valence-corrected chi connectivity index (χ0v) is 12.2. The molecule has 1 aromatic heterocycles. The quantitative estimate of drug-likeness (QED) is 0.907. The minimum atomic E-state index is -0.355. The third kappa shape index (κ3) is 1.97. The summed E-state index contributed by atoms with van der Waals surface area (Å²) in [5.74, 6) is 0.892. The van der Waals surface area contributed by atoms with Gasteiger partial charge >= 0.3 is 0 Å². The lowest BCUT2D eigenvalue weighted by atomic mass is 9.73. The molecule has 0 radical (unpaired) electrons. The van der Waals surface area contributed by atoms with Crippen molar-refractivity contribution in [3.8, 4) is 5.75 Å². The van der Waals surface area contributed by atoms with Gasteiger partial charge in [0.1, 0.15) is 5.75 Å². The van der Waals surface area contributed by atoms with Crippen molar-refractivity contribution in [3.63, 3.8) is 0 Å². The van der Waals surface area contributed by atoms with Gasteiger partial charge in [-0.05, 0) is 66.5 Å². The van der Waals surface area contributed by atoms with Crippen molar-refractivity contribution < 1.29 is 4.74 Å². The van der Waals surface area contributed by atoms with Gasteiger partial charge in [0.25, 0.3) is 0 Å². The molecule has 3 rings (SSSR count). The van der Waals surface area contributed by atoms with E-state index in [0.717, 1.165) is 25.0 Å². The second-order valence-electron chi connectivity index (χ2n) is 5.24. The normalized spacial score (nSPS) is 22.1. The Morgan fingerprint density at radius 1 is 1.26 bits per heavy atom. The number of thiophene rings is 1. The van der Waals surface area contributed by atoms with Crippen LogP contribution in [0.2, 0.25) is 0 Å². The number of rotatable bonds is 2. The molecule has 2 aromatic rings. The fourth-order valence-corrected chi connectivity index (χ4v) is 3.92. The first-order valence-corrected chi connectivity index (χ1v) is 7.54. The maximum Gasteiger partial charge on any atom is 0.119 e. The molecule has 1 aliphatic carbocycles. The number of methoxy groups -OCH3 is 1. The number of hydrogen-bond donors (Lipinski definition) is 1. The minimum Gasteiger partial charge on any atom is -0.497 e. The molecule has 100 valence electrons.